The van der Waals surface area contributed by atoms with Crippen molar-refractivity contribution in [1.29, 1.82) is 0 Å². The van der Waals surface area contributed by atoms with Gasteiger partial charge in [-0.2, -0.15) is 4.98 Å². The lowest BCUT2D eigenvalue weighted by Gasteiger charge is -2.13. The van der Waals surface area contributed by atoms with Crippen LogP contribution in [0.3, 0.4) is 0 Å². The number of ether oxygens (including phenoxy) is 1. The van der Waals surface area contributed by atoms with Crippen molar-refractivity contribution >= 4 is 21.9 Å². The summed E-state index contributed by atoms with van der Waals surface area (Å²) in [4.78, 5) is 3.91. The maximum absolute atomic E-state index is 5.60. The zero-order chi connectivity index (χ0) is 10.6. The Morgan fingerprint density at radius 3 is 2.57 bits per heavy atom. The van der Waals surface area contributed by atoms with Gasteiger partial charge in [-0.05, 0) is 28.8 Å². The van der Waals surface area contributed by atoms with Crippen molar-refractivity contribution in [3.8, 4) is 0 Å². The quantitative estimate of drug-likeness (QED) is 0.879. The van der Waals surface area contributed by atoms with Crippen LogP contribution in [0.15, 0.2) is 4.73 Å². The van der Waals surface area contributed by atoms with E-state index in [-0.39, 0.29) is 12.1 Å². The molecule has 0 bridgehead atoms. The Bertz CT molecular complexity index is 285. The van der Waals surface area contributed by atoms with E-state index in [0.717, 1.165) is 12.8 Å². The number of aromatic nitrogens is 3. The summed E-state index contributed by atoms with van der Waals surface area (Å²) in [5, 5.41) is 3.96. The van der Waals surface area contributed by atoms with E-state index < -0.39 is 0 Å². The summed E-state index contributed by atoms with van der Waals surface area (Å²) in [5.74, 6) is 0.255. The standard InChI is InChI=1S/C8H15BrN4O/c1-3-6(4-2)14-5-13-7(9)11-8(10)12-13/h6H,3-5H2,1-2H3,(H2,10,12). The second-order valence-electron chi connectivity index (χ2n) is 2.97. The van der Waals surface area contributed by atoms with Crippen LogP contribution >= 0.6 is 15.9 Å². The van der Waals surface area contributed by atoms with Crippen LogP contribution in [0.4, 0.5) is 5.95 Å². The molecular weight excluding hydrogens is 248 g/mol. The number of hydrogen-bond donors (Lipinski definition) is 1. The second-order valence-corrected chi connectivity index (χ2v) is 3.68. The molecule has 6 heteroatoms. The van der Waals surface area contributed by atoms with Crippen molar-refractivity contribution in [2.45, 2.75) is 39.5 Å². The largest absolute Gasteiger partial charge is 0.366 e. The summed E-state index contributed by atoms with van der Waals surface area (Å²) < 4.78 is 7.78. The first kappa shape index (κ1) is 11.5. The molecule has 1 rings (SSSR count). The van der Waals surface area contributed by atoms with Gasteiger partial charge < -0.3 is 10.5 Å². The molecule has 0 radical (unpaired) electrons. The molecule has 0 unspecified atom stereocenters. The fraction of sp³-hybridized carbons (Fsp3) is 0.750. The number of nitrogens with zero attached hydrogens (tertiary/aromatic N) is 3. The van der Waals surface area contributed by atoms with Gasteiger partial charge in [0.1, 0.15) is 6.73 Å². The minimum atomic E-state index is 0.255. The summed E-state index contributed by atoms with van der Waals surface area (Å²) in [7, 11) is 0. The van der Waals surface area contributed by atoms with Crippen molar-refractivity contribution in [2.24, 2.45) is 0 Å². The van der Waals surface area contributed by atoms with E-state index in [1.165, 1.54) is 0 Å². The molecule has 0 spiro atoms. The van der Waals surface area contributed by atoms with Gasteiger partial charge in [0.05, 0.1) is 6.10 Å². The van der Waals surface area contributed by atoms with Crippen molar-refractivity contribution in [1.82, 2.24) is 14.8 Å². The number of rotatable bonds is 5. The fourth-order valence-corrected chi connectivity index (χ4v) is 1.49. The molecule has 2 N–H and O–H groups in total. The molecule has 0 aliphatic rings. The summed E-state index contributed by atoms with van der Waals surface area (Å²) in [6.07, 6.45) is 2.27. The SMILES string of the molecule is CCC(CC)OCn1nc(N)nc1Br. The maximum atomic E-state index is 5.60. The molecule has 1 aromatic heterocycles. The summed E-state index contributed by atoms with van der Waals surface area (Å²) in [6, 6.07) is 0. The third kappa shape index (κ3) is 2.95. The normalized spacial score (nSPS) is 11.1. The number of anilines is 1. The lowest BCUT2D eigenvalue weighted by atomic mass is 10.2. The highest BCUT2D eigenvalue weighted by Crippen LogP contribution is 2.10. The average Bonchev–Trinajstić information content (AvgIpc) is 2.47. The molecular formula is C8H15BrN4O. The zero-order valence-corrected chi connectivity index (χ0v) is 9.99. The first-order valence-corrected chi connectivity index (χ1v) is 5.44. The monoisotopic (exact) mass is 262 g/mol. The summed E-state index contributed by atoms with van der Waals surface area (Å²) in [5.41, 5.74) is 5.42. The molecule has 0 aromatic carbocycles. The molecule has 0 atom stereocenters. The van der Waals surface area contributed by atoms with Crippen molar-refractivity contribution in [3.63, 3.8) is 0 Å². The number of hydrogen-bond acceptors (Lipinski definition) is 4. The predicted octanol–water partition coefficient (Wildman–Crippen LogP) is 1.79. The molecule has 0 amide bonds. The molecule has 5 nitrogen and oxygen atoms in total. The molecule has 0 saturated carbocycles. The zero-order valence-electron chi connectivity index (χ0n) is 8.40. The topological polar surface area (TPSA) is 66.0 Å². The lowest BCUT2D eigenvalue weighted by Crippen LogP contribution is -2.14. The van der Waals surface area contributed by atoms with Gasteiger partial charge in [0, 0.05) is 0 Å². The Morgan fingerprint density at radius 2 is 2.14 bits per heavy atom. The van der Waals surface area contributed by atoms with E-state index in [1.54, 1.807) is 4.68 Å². The van der Waals surface area contributed by atoms with Gasteiger partial charge in [0.25, 0.3) is 0 Å². The van der Waals surface area contributed by atoms with Crippen LogP contribution in [0, 0.1) is 0 Å². The maximum Gasteiger partial charge on any atom is 0.240 e. The van der Waals surface area contributed by atoms with Crippen LogP contribution in [-0.4, -0.2) is 20.9 Å². The number of halogens is 1. The first-order chi connectivity index (χ1) is 6.67. The Hall–Kier alpha value is -0.620. The third-order valence-electron chi connectivity index (χ3n) is 1.99. The van der Waals surface area contributed by atoms with Gasteiger partial charge in [-0.15, -0.1) is 5.10 Å². The van der Waals surface area contributed by atoms with Gasteiger partial charge in [-0.1, -0.05) is 13.8 Å². The Kier molecular flexibility index (Phi) is 4.34. The highest BCUT2D eigenvalue weighted by Gasteiger charge is 2.07. The Labute approximate surface area is 91.8 Å². The summed E-state index contributed by atoms with van der Waals surface area (Å²) in [6.45, 7) is 4.58. The highest BCUT2D eigenvalue weighted by atomic mass is 79.9. The molecule has 0 aliphatic heterocycles. The van der Waals surface area contributed by atoms with Crippen LogP contribution in [0.2, 0.25) is 0 Å². The van der Waals surface area contributed by atoms with Crippen LogP contribution < -0.4 is 5.73 Å². The smallest absolute Gasteiger partial charge is 0.240 e. The van der Waals surface area contributed by atoms with Gasteiger partial charge >= 0.3 is 0 Å². The van der Waals surface area contributed by atoms with E-state index in [1.807, 2.05) is 0 Å². The lowest BCUT2D eigenvalue weighted by molar-refractivity contribution is -0.00378. The van der Waals surface area contributed by atoms with Gasteiger partial charge in [-0.3, -0.25) is 0 Å². The molecule has 0 fully saturated rings. The number of nitrogens with two attached hydrogens (primary N) is 1. The fourth-order valence-electron chi connectivity index (χ4n) is 1.12. The van der Waals surface area contributed by atoms with Crippen molar-refractivity contribution in [3.05, 3.63) is 4.73 Å². The molecule has 0 aliphatic carbocycles. The van der Waals surface area contributed by atoms with Crippen LogP contribution in [-0.2, 0) is 11.5 Å². The molecule has 1 heterocycles. The van der Waals surface area contributed by atoms with Crippen LogP contribution in [0.1, 0.15) is 26.7 Å². The van der Waals surface area contributed by atoms with Crippen molar-refractivity contribution in [2.75, 3.05) is 5.73 Å². The van der Waals surface area contributed by atoms with Gasteiger partial charge in [-0.25, -0.2) is 4.68 Å². The van der Waals surface area contributed by atoms with E-state index in [0.29, 0.717) is 11.5 Å². The first-order valence-electron chi connectivity index (χ1n) is 4.64. The average molecular weight is 263 g/mol. The minimum absolute atomic E-state index is 0.255. The predicted molar refractivity (Wildman–Crippen MR) is 57.6 cm³/mol. The van der Waals surface area contributed by atoms with Crippen molar-refractivity contribution < 1.29 is 4.74 Å². The minimum Gasteiger partial charge on any atom is -0.366 e. The Morgan fingerprint density at radius 1 is 1.50 bits per heavy atom. The molecule has 0 saturated heterocycles. The van der Waals surface area contributed by atoms with E-state index in [2.05, 4.69) is 39.9 Å². The second kappa shape index (κ2) is 5.31. The number of nitrogen functional groups attached to an aromatic ring is 1. The Balaban J connectivity index is 2.48. The highest BCUT2D eigenvalue weighted by molar-refractivity contribution is 9.10. The van der Waals surface area contributed by atoms with Gasteiger partial charge in [0.15, 0.2) is 4.73 Å². The van der Waals surface area contributed by atoms with Crippen LogP contribution in [0.5, 0.6) is 0 Å². The van der Waals surface area contributed by atoms with Gasteiger partial charge in [0.2, 0.25) is 5.95 Å². The van der Waals surface area contributed by atoms with Crippen LogP contribution in [0.25, 0.3) is 0 Å². The third-order valence-corrected chi connectivity index (χ3v) is 2.57. The van der Waals surface area contributed by atoms with E-state index >= 15 is 0 Å². The van der Waals surface area contributed by atoms with E-state index in [9.17, 15) is 0 Å². The molecule has 14 heavy (non-hydrogen) atoms. The molecule has 1 aromatic rings. The molecule has 80 valence electrons. The summed E-state index contributed by atoms with van der Waals surface area (Å²) >= 11 is 3.24. The van der Waals surface area contributed by atoms with E-state index in [4.69, 9.17) is 10.5 Å².